The Bertz CT molecular complexity index is 568. The molecule has 0 amide bonds. The summed E-state index contributed by atoms with van der Waals surface area (Å²) in [5.74, 6) is 0. The average Bonchev–Trinajstić information content (AvgIpc) is 2.41. The minimum atomic E-state index is 0.971. The molecule has 1 aliphatic rings. The number of anilines is 2. The molecular weight excluding hydrogens is 300 g/mol. The Balaban J connectivity index is 1.83. The molecule has 0 fully saturated rings. The van der Waals surface area contributed by atoms with Crippen LogP contribution in [0, 0.1) is 0 Å². The van der Waals surface area contributed by atoms with Gasteiger partial charge in [0.2, 0.25) is 0 Å². The largest absolute Gasteiger partial charge is 0.383 e. The molecule has 0 aromatic heterocycles. The van der Waals surface area contributed by atoms with E-state index in [0.717, 1.165) is 26.1 Å². The van der Waals surface area contributed by atoms with Crippen molar-refractivity contribution >= 4 is 27.3 Å². The summed E-state index contributed by atoms with van der Waals surface area (Å²) in [4.78, 5) is 2.44. The Morgan fingerprint density at radius 1 is 0.947 bits per heavy atom. The first-order valence-electron chi connectivity index (χ1n) is 6.66. The quantitative estimate of drug-likeness (QED) is 0.857. The summed E-state index contributed by atoms with van der Waals surface area (Å²) in [5, 5.41) is 3.53. The molecule has 0 atom stereocenters. The normalized spacial score (nSPS) is 15.1. The van der Waals surface area contributed by atoms with Crippen LogP contribution in [-0.2, 0) is 6.42 Å². The summed E-state index contributed by atoms with van der Waals surface area (Å²) in [6, 6.07) is 17.0. The molecule has 2 nitrogen and oxygen atoms in total. The highest BCUT2D eigenvalue weighted by Crippen LogP contribution is 2.27. The standard InChI is InChI=1S/C16H17BrN2/c17-14-6-2-4-8-16(14)19-11-9-13-5-1-3-7-15(13)18-10-12-19/h1-8,18H,9-12H2. The van der Waals surface area contributed by atoms with E-state index in [9.17, 15) is 0 Å². The summed E-state index contributed by atoms with van der Waals surface area (Å²) >= 11 is 3.65. The zero-order chi connectivity index (χ0) is 13.1. The zero-order valence-corrected chi connectivity index (χ0v) is 12.4. The van der Waals surface area contributed by atoms with Crippen LogP contribution in [0.15, 0.2) is 53.0 Å². The number of fused-ring (bicyclic) bond motifs is 1. The van der Waals surface area contributed by atoms with Crippen LogP contribution < -0.4 is 10.2 Å². The van der Waals surface area contributed by atoms with Crippen molar-refractivity contribution in [3.63, 3.8) is 0 Å². The van der Waals surface area contributed by atoms with E-state index in [1.807, 2.05) is 0 Å². The number of nitrogens with zero attached hydrogens (tertiary/aromatic N) is 1. The second-order valence-electron chi connectivity index (χ2n) is 4.77. The van der Waals surface area contributed by atoms with Crippen LogP contribution in [0.4, 0.5) is 11.4 Å². The third kappa shape index (κ3) is 2.76. The fraction of sp³-hybridized carbons (Fsp3) is 0.250. The van der Waals surface area contributed by atoms with E-state index in [1.165, 1.54) is 21.4 Å². The van der Waals surface area contributed by atoms with E-state index < -0.39 is 0 Å². The third-order valence-corrected chi connectivity index (χ3v) is 4.23. The highest BCUT2D eigenvalue weighted by atomic mass is 79.9. The zero-order valence-electron chi connectivity index (χ0n) is 10.8. The summed E-state index contributed by atoms with van der Waals surface area (Å²) in [6.07, 6.45) is 1.07. The van der Waals surface area contributed by atoms with Gasteiger partial charge in [0.15, 0.2) is 0 Å². The van der Waals surface area contributed by atoms with Gasteiger partial charge in [-0.05, 0) is 46.1 Å². The molecule has 0 saturated heterocycles. The van der Waals surface area contributed by atoms with Gasteiger partial charge in [-0.2, -0.15) is 0 Å². The van der Waals surface area contributed by atoms with E-state index in [2.05, 4.69) is 74.7 Å². The minimum absolute atomic E-state index is 0.971. The fourth-order valence-electron chi connectivity index (χ4n) is 2.55. The fourth-order valence-corrected chi connectivity index (χ4v) is 3.09. The molecule has 19 heavy (non-hydrogen) atoms. The third-order valence-electron chi connectivity index (χ3n) is 3.56. The van der Waals surface area contributed by atoms with Gasteiger partial charge in [-0.1, -0.05) is 30.3 Å². The maximum atomic E-state index is 3.65. The van der Waals surface area contributed by atoms with Crippen molar-refractivity contribution in [3.05, 3.63) is 58.6 Å². The lowest BCUT2D eigenvalue weighted by Gasteiger charge is -2.29. The topological polar surface area (TPSA) is 15.3 Å². The van der Waals surface area contributed by atoms with Crippen molar-refractivity contribution in [1.82, 2.24) is 0 Å². The number of halogens is 1. The minimum Gasteiger partial charge on any atom is -0.383 e. The first-order chi connectivity index (χ1) is 9.34. The molecule has 2 aromatic carbocycles. The van der Waals surface area contributed by atoms with Gasteiger partial charge in [0.05, 0.1) is 5.69 Å². The molecule has 0 aliphatic carbocycles. The second-order valence-corrected chi connectivity index (χ2v) is 5.63. The van der Waals surface area contributed by atoms with E-state index in [1.54, 1.807) is 0 Å². The van der Waals surface area contributed by atoms with Crippen LogP contribution >= 0.6 is 15.9 Å². The van der Waals surface area contributed by atoms with Crippen LogP contribution in [0.25, 0.3) is 0 Å². The highest BCUT2D eigenvalue weighted by Gasteiger charge is 2.13. The van der Waals surface area contributed by atoms with Crippen molar-refractivity contribution in [2.75, 3.05) is 29.9 Å². The van der Waals surface area contributed by atoms with Gasteiger partial charge in [-0.3, -0.25) is 0 Å². The van der Waals surface area contributed by atoms with E-state index in [4.69, 9.17) is 0 Å². The lowest BCUT2D eigenvalue weighted by atomic mass is 10.1. The molecule has 0 saturated carbocycles. The predicted octanol–water partition coefficient (Wildman–Crippen LogP) is 3.92. The van der Waals surface area contributed by atoms with E-state index in [0.29, 0.717) is 0 Å². The Morgan fingerprint density at radius 2 is 1.74 bits per heavy atom. The summed E-state index contributed by atoms with van der Waals surface area (Å²) < 4.78 is 1.17. The molecule has 0 spiro atoms. The number of rotatable bonds is 1. The number of hydrogen-bond acceptors (Lipinski definition) is 2. The van der Waals surface area contributed by atoms with Crippen LogP contribution in [0.5, 0.6) is 0 Å². The van der Waals surface area contributed by atoms with Gasteiger partial charge in [0, 0.05) is 29.8 Å². The molecule has 3 rings (SSSR count). The van der Waals surface area contributed by atoms with E-state index >= 15 is 0 Å². The summed E-state index contributed by atoms with van der Waals surface area (Å²) in [6.45, 7) is 3.05. The molecule has 0 unspecified atom stereocenters. The molecule has 98 valence electrons. The van der Waals surface area contributed by atoms with Gasteiger partial charge in [0.1, 0.15) is 0 Å². The lowest BCUT2D eigenvalue weighted by Crippen LogP contribution is -2.33. The Labute approximate surface area is 122 Å². The lowest BCUT2D eigenvalue weighted by molar-refractivity contribution is 0.773. The summed E-state index contributed by atoms with van der Waals surface area (Å²) in [5.41, 5.74) is 3.97. The van der Waals surface area contributed by atoms with Crippen molar-refractivity contribution in [2.24, 2.45) is 0 Å². The van der Waals surface area contributed by atoms with Gasteiger partial charge in [-0.15, -0.1) is 0 Å². The Kier molecular flexibility index (Phi) is 3.74. The van der Waals surface area contributed by atoms with Crippen LogP contribution in [0.3, 0.4) is 0 Å². The first kappa shape index (κ1) is 12.5. The van der Waals surface area contributed by atoms with Crippen LogP contribution in [-0.4, -0.2) is 19.6 Å². The second kappa shape index (κ2) is 5.66. The molecule has 0 bridgehead atoms. The molecular formula is C16H17BrN2. The molecule has 0 radical (unpaired) electrons. The van der Waals surface area contributed by atoms with Crippen LogP contribution in [0.2, 0.25) is 0 Å². The van der Waals surface area contributed by atoms with Crippen LogP contribution in [0.1, 0.15) is 5.56 Å². The average molecular weight is 317 g/mol. The van der Waals surface area contributed by atoms with Crippen molar-refractivity contribution in [2.45, 2.75) is 6.42 Å². The van der Waals surface area contributed by atoms with E-state index in [-0.39, 0.29) is 0 Å². The molecule has 2 aromatic rings. The number of nitrogens with one attached hydrogen (secondary N) is 1. The monoisotopic (exact) mass is 316 g/mol. The number of hydrogen-bond donors (Lipinski definition) is 1. The molecule has 1 aliphatic heterocycles. The SMILES string of the molecule is Brc1ccccc1N1CCNc2ccccc2CC1. The van der Waals surface area contributed by atoms with Gasteiger partial charge in [0.25, 0.3) is 0 Å². The van der Waals surface area contributed by atoms with Crippen molar-refractivity contribution < 1.29 is 0 Å². The van der Waals surface area contributed by atoms with Gasteiger partial charge < -0.3 is 10.2 Å². The smallest absolute Gasteiger partial charge is 0.0511 e. The number of para-hydroxylation sites is 2. The summed E-state index contributed by atoms with van der Waals surface area (Å²) in [7, 11) is 0. The maximum Gasteiger partial charge on any atom is 0.0511 e. The van der Waals surface area contributed by atoms with Gasteiger partial charge in [-0.25, -0.2) is 0 Å². The molecule has 1 heterocycles. The van der Waals surface area contributed by atoms with Gasteiger partial charge >= 0.3 is 0 Å². The molecule has 3 heteroatoms. The number of benzene rings is 2. The van der Waals surface area contributed by atoms with Crippen molar-refractivity contribution in [1.29, 1.82) is 0 Å². The predicted molar refractivity (Wildman–Crippen MR) is 85.0 cm³/mol. The molecule has 1 N–H and O–H groups in total. The first-order valence-corrected chi connectivity index (χ1v) is 7.45. The maximum absolute atomic E-state index is 3.65. The van der Waals surface area contributed by atoms with Crippen molar-refractivity contribution in [3.8, 4) is 0 Å². The highest BCUT2D eigenvalue weighted by molar-refractivity contribution is 9.10. The Hall–Kier alpha value is -1.48. The Morgan fingerprint density at radius 3 is 2.63 bits per heavy atom.